The third-order valence-corrected chi connectivity index (χ3v) is 3.61. The summed E-state index contributed by atoms with van der Waals surface area (Å²) in [5.41, 5.74) is -2.47. The fourth-order valence-electron chi connectivity index (χ4n) is 1.74. The van der Waals surface area contributed by atoms with Gasteiger partial charge in [0.15, 0.2) is 5.41 Å². The van der Waals surface area contributed by atoms with Gasteiger partial charge in [-0.15, -0.1) is 0 Å². The van der Waals surface area contributed by atoms with Gasteiger partial charge in [-0.3, -0.25) is 9.59 Å². The molecule has 0 rings (SSSR count). The van der Waals surface area contributed by atoms with E-state index in [2.05, 4.69) is 6.92 Å². The molecular formula is C12H22O4. The molecule has 0 spiro atoms. The molecule has 0 saturated carbocycles. The first-order valence-electron chi connectivity index (χ1n) is 5.67. The van der Waals surface area contributed by atoms with Crippen molar-refractivity contribution in [2.45, 2.75) is 53.4 Å². The first-order chi connectivity index (χ1) is 7.20. The Morgan fingerprint density at radius 3 is 1.75 bits per heavy atom. The van der Waals surface area contributed by atoms with Gasteiger partial charge in [-0.2, -0.15) is 0 Å². The van der Waals surface area contributed by atoms with Crippen molar-refractivity contribution in [3.05, 3.63) is 0 Å². The van der Waals surface area contributed by atoms with Crippen LogP contribution in [0.4, 0.5) is 0 Å². The van der Waals surface area contributed by atoms with Crippen LogP contribution in [0.25, 0.3) is 0 Å². The highest BCUT2D eigenvalue weighted by atomic mass is 16.4. The van der Waals surface area contributed by atoms with Crippen LogP contribution in [-0.2, 0) is 9.59 Å². The topological polar surface area (TPSA) is 74.6 Å². The fraction of sp³-hybridized carbons (Fsp3) is 0.833. The molecule has 94 valence electrons. The van der Waals surface area contributed by atoms with Gasteiger partial charge in [-0.05, 0) is 18.8 Å². The van der Waals surface area contributed by atoms with Crippen LogP contribution >= 0.6 is 0 Å². The summed E-state index contributed by atoms with van der Waals surface area (Å²) in [6, 6.07) is 0. The van der Waals surface area contributed by atoms with E-state index in [1.807, 2.05) is 0 Å². The largest absolute Gasteiger partial charge is 0.480 e. The molecule has 2 N–H and O–H groups in total. The maximum Gasteiger partial charge on any atom is 0.321 e. The van der Waals surface area contributed by atoms with Crippen LogP contribution in [0.15, 0.2) is 0 Å². The average Bonchev–Trinajstić information content (AvgIpc) is 2.15. The Labute approximate surface area is 96.7 Å². The molecule has 0 amide bonds. The quantitative estimate of drug-likeness (QED) is 0.521. The molecule has 0 bridgehead atoms. The van der Waals surface area contributed by atoms with Gasteiger partial charge in [0.05, 0.1) is 0 Å². The monoisotopic (exact) mass is 230 g/mol. The number of carboxylic acids is 2. The van der Waals surface area contributed by atoms with Gasteiger partial charge in [0, 0.05) is 0 Å². The Morgan fingerprint density at radius 1 is 1.00 bits per heavy atom. The van der Waals surface area contributed by atoms with Crippen molar-refractivity contribution >= 4 is 11.9 Å². The summed E-state index contributed by atoms with van der Waals surface area (Å²) in [6.07, 6.45) is 3.50. The van der Waals surface area contributed by atoms with Crippen molar-refractivity contribution in [1.82, 2.24) is 0 Å². The molecule has 0 saturated heterocycles. The Balaban J connectivity index is 4.91. The zero-order valence-electron chi connectivity index (χ0n) is 10.5. The number of aliphatic carboxylic acids is 2. The molecule has 0 aromatic carbocycles. The molecule has 4 nitrogen and oxygen atoms in total. The lowest BCUT2D eigenvalue weighted by molar-refractivity contribution is -0.173. The molecule has 4 heteroatoms. The van der Waals surface area contributed by atoms with E-state index in [1.165, 1.54) is 6.92 Å². The summed E-state index contributed by atoms with van der Waals surface area (Å²) >= 11 is 0. The number of hydrogen-bond donors (Lipinski definition) is 2. The van der Waals surface area contributed by atoms with Gasteiger partial charge >= 0.3 is 11.9 Å². The predicted molar refractivity (Wildman–Crippen MR) is 61.3 cm³/mol. The van der Waals surface area contributed by atoms with Crippen LogP contribution in [0, 0.1) is 10.8 Å². The Morgan fingerprint density at radius 2 is 1.44 bits per heavy atom. The van der Waals surface area contributed by atoms with E-state index in [4.69, 9.17) is 10.2 Å². The molecule has 16 heavy (non-hydrogen) atoms. The van der Waals surface area contributed by atoms with Crippen molar-refractivity contribution in [3.63, 3.8) is 0 Å². The van der Waals surface area contributed by atoms with Crippen molar-refractivity contribution in [2.24, 2.45) is 10.8 Å². The normalized spacial score (nSPS) is 12.5. The highest BCUT2D eigenvalue weighted by molar-refractivity contribution is 5.98. The second-order valence-corrected chi connectivity index (χ2v) is 5.08. The maximum atomic E-state index is 11.2. The minimum Gasteiger partial charge on any atom is -0.480 e. The summed E-state index contributed by atoms with van der Waals surface area (Å²) in [4.78, 5) is 22.3. The third kappa shape index (κ3) is 2.74. The smallest absolute Gasteiger partial charge is 0.321 e. The summed E-state index contributed by atoms with van der Waals surface area (Å²) in [5, 5.41) is 18.2. The van der Waals surface area contributed by atoms with E-state index >= 15 is 0 Å². The summed E-state index contributed by atoms with van der Waals surface area (Å²) in [7, 11) is 0. The van der Waals surface area contributed by atoms with Crippen LogP contribution < -0.4 is 0 Å². The van der Waals surface area contributed by atoms with E-state index < -0.39 is 22.8 Å². The second kappa shape index (κ2) is 5.32. The van der Waals surface area contributed by atoms with Gasteiger partial charge in [0.1, 0.15) is 0 Å². The van der Waals surface area contributed by atoms with Crippen molar-refractivity contribution in [3.8, 4) is 0 Å². The first-order valence-corrected chi connectivity index (χ1v) is 5.67. The lowest BCUT2D eigenvalue weighted by Gasteiger charge is -2.37. The van der Waals surface area contributed by atoms with Crippen molar-refractivity contribution < 1.29 is 19.8 Å². The van der Waals surface area contributed by atoms with E-state index in [9.17, 15) is 9.59 Å². The predicted octanol–water partition coefficient (Wildman–Crippen LogP) is 2.77. The molecule has 0 aliphatic carbocycles. The van der Waals surface area contributed by atoms with Gasteiger partial charge in [0.2, 0.25) is 0 Å². The first kappa shape index (κ1) is 14.9. The number of carboxylic acid groups (broad SMARTS) is 2. The number of unbranched alkanes of at least 4 members (excludes halogenated alkanes) is 2. The molecule has 0 heterocycles. The third-order valence-electron chi connectivity index (χ3n) is 3.61. The van der Waals surface area contributed by atoms with Gasteiger partial charge in [-0.25, -0.2) is 0 Å². The zero-order valence-corrected chi connectivity index (χ0v) is 10.5. The highest BCUT2D eigenvalue weighted by Gasteiger charge is 2.53. The molecular weight excluding hydrogens is 208 g/mol. The molecule has 0 atom stereocenters. The summed E-state index contributed by atoms with van der Waals surface area (Å²) in [6.45, 7) is 6.78. The van der Waals surface area contributed by atoms with Crippen molar-refractivity contribution in [2.75, 3.05) is 0 Å². The maximum absolute atomic E-state index is 11.2. The SMILES string of the molecule is CCCCCC(C)(C)C(C)(C(=O)O)C(=O)O. The number of hydrogen-bond acceptors (Lipinski definition) is 2. The molecule has 0 radical (unpaired) electrons. The molecule has 0 fully saturated rings. The van der Waals surface area contributed by atoms with Crippen molar-refractivity contribution in [1.29, 1.82) is 0 Å². The highest BCUT2D eigenvalue weighted by Crippen LogP contribution is 2.43. The van der Waals surface area contributed by atoms with Gasteiger partial charge in [0.25, 0.3) is 0 Å². The Hall–Kier alpha value is -1.06. The van der Waals surface area contributed by atoms with Crippen LogP contribution in [0.5, 0.6) is 0 Å². The minimum atomic E-state index is -1.72. The summed E-state index contributed by atoms with van der Waals surface area (Å²) < 4.78 is 0. The van der Waals surface area contributed by atoms with Crippen LogP contribution in [-0.4, -0.2) is 22.2 Å². The van der Waals surface area contributed by atoms with Crippen LogP contribution in [0.2, 0.25) is 0 Å². The Kier molecular flexibility index (Phi) is 4.97. The summed E-state index contributed by atoms with van der Waals surface area (Å²) in [5.74, 6) is -2.53. The van der Waals surface area contributed by atoms with Crippen LogP contribution in [0.3, 0.4) is 0 Å². The molecule has 0 aromatic heterocycles. The number of rotatable bonds is 7. The lowest BCUT2D eigenvalue weighted by atomic mass is 9.64. The van der Waals surface area contributed by atoms with E-state index in [0.717, 1.165) is 19.3 Å². The minimum absolute atomic E-state index is 0.607. The molecule has 0 aliphatic heterocycles. The van der Waals surface area contributed by atoms with E-state index in [0.29, 0.717) is 6.42 Å². The van der Waals surface area contributed by atoms with E-state index in [1.54, 1.807) is 13.8 Å². The molecule has 0 aliphatic rings. The molecule has 0 unspecified atom stereocenters. The molecule has 0 aromatic rings. The average molecular weight is 230 g/mol. The van der Waals surface area contributed by atoms with E-state index in [-0.39, 0.29) is 0 Å². The van der Waals surface area contributed by atoms with Crippen LogP contribution in [0.1, 0.15) is 53.4 Å². The number of carbonyl (C=O) groups is 2. The second-order valence-electron chi connectivity index (χ2n) is 5.08. The lowest BCUT2D eigenvalue weighted by Crippen LogP contribution is -2.48. The standard InChI is InChI=1S/C12H22O4/c1-5-6-7-8-11(2,3)12(4,9(13)14)10(15)16/h5-8H2,1-4H3,(H,13,14)(H,15,16). The zero-order chi connectivity index (χ0) is 13.0. The van der Waals surface area contributed by atoms with Gasteiger partial charge < -0.3 is 10.2 Å². The Bertz CT molecular complexity index is 254. The fourth-order valence-corrected chi connectivity index (χ4v) is 1.74. The van der Waals surface area contributed by atoms with Gasteiger partial charge in [-0.1, -0.05) is 40.0 Å².